The summed E-state index contributed by atoms with van der Waals surface area (Å²) >= 11 is 0. The predicted molar refractivity (Wildman–Crippen MR) is 297 cm³/mol. The summed E-state index contributed by atoms with van der Waals surface area (Å²) in [5, 5.41) is 9.56. The van der Waals surface area contributed by atoms with Crippen LogP contribution in [0.4, 0.5) is 8.78 Å². The van der Waals surface area contributed by atoms with Crippen molar-refractivity contribution in [3.8, 4) is 33.8 Å². The summed E-state index contributed by atoms with van der Waals surface area (Å²) in [5.74, 6) is 0.111. The van der Waals surface area contributed by atoms with Gasteiger partial charge in [0.05, 0.1) is 18.4 Å². The Hall–Kier alpha value is -6.80. The normalized spacial score (nSPS) is 22.8. The number of carbonyl (C=O) groups excluding carboxylic acids is 1. The number of rotatable bonds is 13. The Morgan fingerprint density at radius 2 is 1.01 bits per heavy atom. The van der Waals surface area contributed by atoms with Crippen molar-refractivity contribution in [3.05, 3.63) is 189 Å². The molecule has 12 rings (SSSR count). The molecule has 6 aliphatic carbocycles. The van der Waals surface area contributed by atoms with E-state index < -0.39 is 5.97 Å². The van der Waals surface area contributed by atoms with Crippen molar-refractivity contribution < 1.29 is 37.7 Å². The molecule has 0 radical (unpaired) electrons. The number of esters is 1. The molecule has 8 heteroatoms. The summed E-state index contributed by atoms with van der Waals surface area (Å²) in [4.78, 5) is 24.1. The van der Waals surface area contributed by atoms with E-state index >= 15 is 4.39 Å². The average Bonchev–Trinajstić information content (AvgIpc) is 4.18. The van der Waals surface area contributed by atoms with Crippen LogP contribution in [-0.2, 0) is 51.2 Å². The minimum absolute atomic E-state index is 0.0216. The van der Waals surface area contributed by atoms with E-state index in [0.29, 0.717) is 30.9 Å². The number of carbonyl (C=O) groups is 2. The number of benzene rings is 6. The number of aryl methyl sites for hydroxylation is 4. The number of fused-ring (bicyclic) bond motifs is 4. The smallest absolute Gasteiger partial charge is 0.309 e. The predicted octanol–water partition coefficient (Wildman–Crippen LogP) is 16.2. The van der Waals surface area contributed by atoms with Crippen LogP contribution in [0.1, 0.15) is 142 Å². The molecule has 0 amide bonds. The van der Waals surface area contributed by atoms with Crippen molar-refractivity contribution in [2.24, 2.45) is 22.7 Å². The number of allylic oxidation sites excluding steroid dienone is 4. The number of hydrogen-bond donors (Lipinski definition) is 1. The molecule has 0 bridgehead atoms. The SMILES string of the molecule is CCOC(=O)[C@@H]1C[C@@]12CCc1ccc(OCc3ccc(-c4cc(C)ccc4F)c(C4=CCCC4(C)C)c3)cc12.Cc1ccc(F)c(-c2ccc(COc3ccc4c(c3)[C@@]3(CC4)C[C@H]3C(=O)O)cc2C2=CCCC2(C)C)c1. The van der Waals surface area contributed by atoms with E-state index in [4.69, 9.17) is 14.2 Å². The zero-order valence-electron chi connectivity index (χ0n) is 45.1. The lowest BCUT2D eigenvalue weighted by molar-refractivity contribution is -0.145. The van der Waals surface area contributed by atoms with Crippen molar-refractivity contribution in [1.82, 2.24) is 0 Å². The summed E-state index contributed by atoms with van der Waals surface area (Å²) in [7, 11) is 0. The fraction of sp³-hybridized carbons (Fsp3) is 0.382. The van der Waals surface area contributed by atoms with Crippen molar-refractivity contribution in [2.75, 3.05) is 6.61 Å². The van der Waals surface area contributed by atoms with Crippen LogP contribution in [0.25, 0.3) is 33.4 Å². The van der Waals surface area contributed by atoms with E-state index in [-0.39, 0.29) is 51.1 Å². The summed E-state index contributed by atoms with van der Waals surface area (Å²) in [6, 6.07) is 35.6. The molecule has 76 heavy (non-hydrogen) atoms. The maximum atomic E-state index is 15.0. The highest BCUT2D eigenvalue weighted by Crippen LogP contribution is 2.63. The Balaban J connectivity index is 0.000000162. The van der Waals surface area contributed by atoms with E-state index in [1.165, 1.54) is 27.8 Å². The van der Waals surface area contributed by atoms with Crippen LogP contribution in [0.5, 0.6) is 11.5 Å². The molecule has 6 aliphatic rings. The molecule has 2 saturated carbocycles. The third-order valence-corrected chi connectivity index (χ3v) is 18.0. The minimum Gasteiger partial charge on any atom is -0.489 e. The molecule has 6 nitrogen and oxygen atoms in total. The van der Waals surface area contributed by atoms with Gasteiger partial charge >= 0.3 is 11.9 Å². The molecule has 392 valence electrons. The number of halogens is 2. The van der Waals surface area contributed by atoms with Crippen molar-refractivity contribution >= 4 is 23.1 Å². The van der Waals surface area contributed by atoms with E-state index in [1.54, 1.807) is 18.2 Å². The third-order valence-electron chi connectivity index (χ3n) is 18.0. The Labute approximate surface area is 447 Å². The van der Waals surface area contributed by atoms with Crippen molar-refractivity contribution in [1.29, 1.82) is 0 Å². The number of hydrogen-bond acceptors (Lipinski definition) is 5. The van der Waals surface area contributed by atoms with Gasteiger partial charge < -0.3 is 19.3 Å². The molecule has 0 unspecified atom stereocenters. The highest BCUT2D eigenvalue weighted by atomic mass is 19.1. The maximum absolute atomic E-state index is 15.0. The average molecular weight is 1020 g/mol. The van der Waals surface area contributed by atoms with Gasteiger partial charge in [0, 0.05) is 22.0 Å². The molecule has 2 fully saturated rings. The Morgan fingerprint density at radius 3 is 1.43 bits per heavy atom. The number of carboxylic acid groups (broad SMARTS) is 1. The Kier molecular flexibility index (Phi) is 13.3. The van der Waals surface area contributed by atoms with Gasteiger partial charge in [-0.25, -0.2) is 8.78 Å². The van der Waals surface area contributed by atoms with Gasteiger partial charge in [0.15, 0.2) is 0 Å². The number of aliphatic carboxylic acids is 1. The zero-order chi connectivity index (χ0) is 53.3. The minimum atomic E-state index is -0.694. The lowest BCUT2D eigenvalue weighted by Crippen LogP contribution is -2.15. The molecule has 6 aromatic carbocycles. The first-order valence-corrected chi connectivity index (χ1v) is 27.5. The second kappa shape index (κ2) is 19.6. The van der Waals surface area contributed by atoms with Crippen LogP contribution in [0.3, 0.4) is 0 Å². The van der Waals surface area contributed by atoms with Crippen LogP contribution in [0.15, 0.2) is 121 Å². The lowest BCUT2D eigenvalue weighted by Gasteiger charge is -2.25. The fourth-order valence-corrected chi connectivity index (χ4v) is 13.5. The van der Waals surface area contributed by atoms with Gasteiger partial charge in [0.25, 0.3) is 0 Å². The molecule has 4 atom stereocenters. The Morgan fingerprint density at radius 1 is 0.553 bits per heavy atom. The second-order valence-electron chi connectivity index (χ2n) is 23.9. The molecule has 6 aromatic rings. The quantitative estimate of drug-likeness (QED) is 0.116. The summed E-state index contributed by atoms with van der Waals surface area (Å²) < 4.78 is 47.9. The van der Waals surface area contributed by atoms with Crippen LogP contribution >= 0.6 is 0 Å². The standard InChI is InChI=1S/C35H37FO3.C33H33FO3/c1-5-38-33(37)31-20-35(31)16-14-24-10-11-25(19-30(24)35)39-21-23-9-12-26(28-17-22(2)8-13-32(28)36)27(18-23)29-7-6-15-34(29,3)4;1-20-6-11-30(34)26(15-20)24-10-7-21(16-25(24)27-5-4-13-32(27,2)3)19-37-23-9-8-22-12-14-33(28(22)17-23)18-29(33)31(35)36/h7-13,17-19,31H,5-6,14-16,20-21H2,1-4H3;5-11,15-17,29H,4,12-14,18-19H2,1-3H3,(H,35,36)/t31-,35+;29-,33+/m00/s1. The fourth-order valence-electron chi connectivity index (χ4n) is 13.5. The van der Waals surface area contributed by atoms with E-state index in [0.717, 1.165) is 126 Å². The molecular weight excluding hydrogens is 951 g/mol. The van der Waals surface area contributed by atoms with Gasteiger partial charge in [0.2, 0.25) is 0 Å². The summed E-state index contributed by atoms with van der Waals surface area (Å²) in [6.45, 7) is 16.2. The third kappa shape index (κ3) is 9.49. The lowest BCUT2D eigenvalue weighted by atomic mass is 9.79. The Bertz CT molecular complexity index is 3380. The first-order valence-electron chi connectivity index (χ1n) is 27.5. The van der Waals surface area contributed by atoms with Crippen molar-refractivity contribution in [3.63, 3.8) is 0 Å². The van der Waals surface area contributed by atoms with E-state index in [2.05, 4.69) is 82.3 Å². The maximum Gasteiger partial charge on any atom is 0.309 e. The van der Waals surface area contributed by atoms with Gasteiger partial charge in [-0.1, -0.05) is 99.5 Å². The highest BCUT2D eigenvalue weighted by molar-refractivity contribution is 5.87. The molecule has 2 spiro atoms. The van der Waals surface area contributed by atoms with Gasteiger partial charge in [-0.05, 0) is 223 Å². The van der Waals surface area contributed by atoms with Gasteiger partial charge in [0.1, 0.15) is 36.3 Å². The summed E-state index contributed by atoms with van der Waals surface area (Å²) in [6.07, 6.45) is 14.3. The number of ether oxygens (including phenoxy) is 3. The van der Waals surface area contributed by atoms with Crippen LogP contribution in [0, 0.1) is 48.1 Å². The molecule has 0 heterocycles. The largest absolute Gasteiger partial charge is 0.489 e. The van der Waals surface area contributed by atoms with Crippen LogP contribution in [0.2, 0.25) is 0 Å². The first-order chi connectivity index (χ1) is 36.4. The molecule has 0 saturated heterocycles. The zero-order valence-corrected chi connectivity index (χ0v) is 45.1. The number of carboxylic acids is 1. The monoisotopic (exact) mass is 1020 g/mol. The summed E-state index contributed by atoms with van der Waals surface area (Å²) in [5.41, 5.74) is 16.7. The molecule has 0 aliphatic heterocycles. The van der Waals surface area contributed by atoms with Gasteiger partial charge in [-0.3, -0.25) is 9.59 Å². The highest BCUT2D eigenvalue weighted by Gasteiger charge is 2.63. The van der Waals surface area contributed by atoms with Crippen molar-refractivity contribution in [2.45, 2.75) is 137 Å². The van der Waals surface area contributed by atoms with Crippen LogP contribution < -0.4 is 9.47 Å². The molecule has 0 aromatic heterocycles. The van der Waals surface area contributed by atoms with Crippen LogP contribution in [-0.4, -0.2) is 23.7 Å². The van der Waals surface area contributed by atoms with E-state index in [9.17, 15) is 19.1 Å². The second-order valence-corrected chi connectivity index (χ2v) is 23.9. The van der Waals surface area contributed by atoms with Gasteiger partial charge in [-0.2, -0.15) is 0 Å². The van der Waals surface area contributed by atoms with E-state index in [1.807, 2.05) is 69.3 Å². The van der Waals surface area contributed by atoms with Gasteiger partial charge in [-0.15, -0.1) is 0 Å². The molecule has 1 N–H and O–H groups in total. The first kappa shape index (κ1) is 51.3. The molecular formula is C68H70F2O6. The topological polar surface area (TPSA) is 82.1 Å².